The molecule has 0 aromatic carbocycles. The summed E-state index contributed by atoms with van der Waals surface area (Å²) in [4.78, 5) is 3.55. The van der Waals surface area contributed by atoms with Crippen LogP contribution in [0.2, 0.25) is 0 Å². The van der Waals surface area contributed by atoms with Crippen molar-refractivity contribution in [3.8, 4) is 0 Å². The van der Waals surface area contributed by atoms with Crippen LogP contribution in [0.3, 0.4) is 0 Å². The highest BCUT2D eigenvalue weighted by Gasteiger charge is 1.91. The molecule has 46 valence electrons. The maximum Gasteiger partial charge on any atom is 0.0391 e. The average Bonchev–Trinajstić information content (AvgIpc) is 1.84. The molecule has 0 nitrogen and oxygen atoms in total. The van der Waals surface area contributed by atoms with Gasteiger partial charge in [0, 0.05) is 8.96 Å². The van der Waals surface area contributed by atoms with Crippen LogP contribution >= 0.6 is 63.7 Å². The first-order chi connectivity index (χ1) is 3.72. The molecule has 0 aromatic heterocycles. The van der Waals surface area contributed by atoms with Gasteiger partial charge in [0.15, 0.2) is 0 Å². The highest BCUT2D eigenvalue weighted by Crippen LogP contribution is 2.24. The summed E-state index contributed by atoms with van der Waals surface area (Å²) in [6, 6.07) is 0. The van der Waals surface area contributed by atoms with E-state index in [4.69, 9.17) is 0 Å². The molecule has 0 aliphatic carbocycles. The lowest BCUT2D eigenvalue weighted by Crippen LogP contribution is -1.62. The zero-order valence-corrected chi connectivity index (χ0v) is 10.0. The van der Waals surface area contributed by atoms with Gasteiger partial charge in [0.1, 0.15) is 0 Å². The Morgan fingerprint density at radius 2 is 1.12 bits per heavy atom. The van der Waals surface area contributed by atoms with Gasteiger partial charge in [-0.1, -0.05) is 31.9 Å². The number of rotatable bonds is 1. The second-order valence-corrected chi connectivity index (χ2v) is 3.54. The fraction of sp³-hybridized carbons (Fsp3) is 0. The summed E-state index contributed by atoms with van der Waals surface area (Å²) in [5.74, 6) is 0. The van der Waals surface area contributed by atoms with Gasteiger partial charge in [-0.05, 0) is 41.8 Å². The molecule has 0 bridgehead atoms. The molecule has 4 heteroatoms. The average molecular weight is 370 g/mol. The quantitative estimate of drug-likeness (QED) is 0.606. The highest BCUT2D eigenvalue weighted by molar-refractivity contribution is 9.16. The molecule has 0 aliphatic rings. The smallest absolute Gasteiger partial charge is 0.0391 e. The van der Waals surface area contributed by atoms with Crippen molar-refractivity contribution in [1.82, 2.24) is 0 Å². The first-order valence-electron chi connectivity index (χ1n) is 1.64. The third kappa shape index (κ3) is 3.43. The molecule has 0 atom stereocenters. The van der Waals surface area contributed by atoms with E-state index in [0.29, 0.717) is 0 Å². The lowest BCUT2D eigenvalue weighted by Gasteiger charge is -1.88. The van der Waals surface area contributed by atoms with Gasteiger partial charge in [-0.2, -0.15) is 0 Å². The van der Waals surface area contributed by atoms with Gasteiger partial charge >= 0.3 is 0 Å². The van der Waals surface area contributed by atoms with E-state index < -0.39 is 0 Å². The summed E-state index contributed by atoms with van der Waals surface area (Å²) >= 11 is 12.9. The van der Waals surface area contributed by atoms with Gasteiger partial charge in [0.05, 0.1) is 0 Å². The third-order valence-corrected chi connectivity index (χ3v) is 4.41. The topological polar surface area (TPSA) is 0 Å². The lowest BCUT2D eigenvalue weighted by atomic mass is 10.6. The van der Waals surface area contributed by atoms with Gasteiger partial charge in [-0.15, -0.1) is 0 Å². The number of halogens is 4. The molecule has 0 aliphatic heterocycles. The van der Waals surface area contributed by atoms with Crippen molar-refractivity contribution in [2.45, 2.75) is 0 Å². The van der Waals surface area contributed by atoms with E-state index in [1.54, 1.807) is 9.97 Å². The Bertz CT molecular complexity index is 108. The molecule has 0 radical (unpaired) electrons. The van der Waals surface area contributed by atoms with E-state index in [2.05, 4.69) is 63.7 Å². The van der Waals surface area contributed by atoms with Crippen molar-refractivity contribution in [3.05, 3.63) is 18.9 Å². The van der Waals surface area contributed by atoms with Crippen LogP contribution in [0.15, 0.2) is 18.9 Å². The predicted octanol–water partition coefficient (Wildman–Crippen LogP) is 4.25. The Kier molecular flexibility index (Phi) is 6.12. The highest BCUT2D eigenvalue weighted by atomic mass is 79.9. The standard InChI is InChI=1S/C4H2Br4/c5-1-3(7)4(8)2-6/h1-2H/b3-1-,4-2-. The molecular weight excluding hydrogens is 368 g/mol. The molecule has 0 heterocycles. The van der Waals surface area contributed by atoms with Crippen LogP contribution in [-0.2, 0) is 0 Å². The first-order valence-corrected chi connectivity index (χ1v) is 5.06. The van der Waals surface area contributed by atoms with Crippen molar-refractivity contribution in [2.75, 3.05) is 0 Å². The van der Waals surface area contributed by atoms with E-state index in [0.717, 1.165) is 8.96 Å². The van der Waals surface area contributed by atoms with Crippen LogP contribution in [0.5, 0.6) is 0 Å². The molecule has 8 heavy (non-hydrogen) atoms. The van der Waals surface area contributed by atoms with Crippen molar-refractivity contribution >= 4 is 63.7 Å². The first kappa shape index (κ1) is 9.40. The minimum Gasteiger partial charge on any atom is -0.0582 e. The molecule has 0 N–H and O–H groups in total. The van der Waals surface area contributed by atoms with Crippen LogP contribution in [0.4, 0.5) is 0 Å². The van der Waals surface area contributed by atoms with Crippen molar-refractivity contribution in [3.63, 3.8) is 0 Å². The summed E-state index contributed by atoms with van der Waals surface area (Å²) in [5, 5.41) is 0. The van der Waals surface area contributed by atoms with Crippen LogP contribution in [0.1, 0.15) is 0 Å². The van der Waals surface area contributed by atoms with Crippen LogP contribution in [-0.4, -0.2) is 0 Å². The molecule has 0 saturated heterocycles. The van der Waals surface area contributed by atoms with Crippen LogP contribution in [0, 0.1) is 0 Å². The lowest BCUT2D eigenvalue weighted by molar-refractivity contribution is 2.00. The van der Waals surface area contributed by atoms with E-state index in [-0.39, 0.29) is 0 Å². The Hall–Kier alpha value is 1.40. The van der Waals surface area contributed by atoms with Gasteiger partial charge in [-0.3, -0.25) is 0 Å². The minimum absolute atomic E-state index is 0.967. The fourth-order valence-corrected chi connectivity index (χ4v) is 1.44. The Morgan fingerprint density at radius 3 is 1.25 bits per heavy atom. The third-order valence-electron chi connectivity index (χ3n) is 0.420. The second kappa shape index (κ2) is 5.21. The fourth-order valence-electron chi connectivity index (χ4n) is 0.104. The van der Waals surface area contributed by atoms with Crippen molar-refractivity contribution in [1.29, 1.82) is 0 Å². The second-order valence-electron chi connectivity index (χ2n) is 0.914. The van der Waals surface area contributed by atoms with Gasteiger partial charge in [0.25, 0.3) is 0 Å². The molecule has 0 aromatic rings. The van der Waals surface area contributed by atoms with Gasteiger partial charge < -0.3 is 0 Å². The zero-order valence-electron chi connectivity index (χ0n) is 3.67. The minimum atomic E-state index is 0.967. The molecule has 0 saturated carbocycles. The Labute approximate surface area is 81.9 Å². The van der Waals surface area contributed by atoms with Crippen molar-refractivity contribution in [2.24, 2.45) is 0 Å². The predicted molar refractivity (Wildman–Crippen MR) is 51.9 cm³/mol. The zero-order chi connectivity index (χ0) is 6.57. The van der Waals surface area contributed by atoms with E-state index >= 15 is 0 Å². The Balaban J connectivity index is 4.04. The van der Waals surface area contributed by atoms with E-state index in [1.807, 2.05) is 0 Å². The van der Waals surface area contributed by atoms with Gasteiger partial charge in [-0.25, -0.2) is 0 Å². The van der Waals surface area contributed by atoms with Gasteiger partial charge in [0.2, 0.25) is 0 Å². The summed E-state index contributed by atoms with van der Waals surface area (Å²) in [6.45, 7) is 0. The summed E-state index contributed by atoms with van der Waals surface area (Å²) < 4.78 is 1.93. The molecule has 0 unspecified atom stereocenters. The molecule has 0 rings (SSSR count). The molecular formula is C4H2Br4. The molecule has 0 spiro atoms. The summed E-state index contributed by atoms with van der Waals surface area (Å²) in [5.41, 5.74) is 0. The monoisotopic (exact) mass is 366 g/mol. The maximum absolute atomic E-state index is 3.27. The number of allylic oxidation sites excluding steroid dienone is 2. The number of hydrogen-bond acceptors (Lipinski definition) is 0. The van der Waals surface area contributed by atoms with Crippen LogP contribution in [0.25, 0.3) is 0 Å². The van der Waals surface area contributed by atoms with Crippen molar-refractivity contribution < 1.29 is 0 Å². The van der Waals surface area contributed by atoms with E-state index in [9.17, 15) is 0 Å². The van der Waals surface area contributed by atoms with Crippen LogP contribution < -0.4 is 0 Å². The largest absolute Gasteiger partial charge is 0.0582 e. The SMILES string of the molecule is Br/C=C(Br)/C(Br)=C/Br. The summed E-state index contributed by atoms with van der Waals surface area (Å²) in [6.07, 6.45) is 0. The molecule has 0 fully saturated rings. The Morgan fingerprint density at radius 1 is 0.875 bits per heavy atom. The normalized spacial score (nSPS) is 14.5. The summed E-state index contributed by atoms with van der Waals surface area (Å²) in [7, 11) is 0. The molecule has 0 amide bonds. The maximum atomic E-state index is 3.27. The van der Waals surface area contributed by atoms with E-state index in [1.165, 1.54) is 0 Å². The number of hydrogen-bond donors (Lipinski definition) is 0.